The molecule has 0 spiro atoms. The molecule has 2 aromatic rings. The van der Waals surface area contributed by atoms with Gasteiger partial charge in [-0.15, -0.1) is 11.3 Å². The smallest absolute Gasteiger partial charge is 0.232 e. The van der Waals surface area contributed by atoms with Gasteiger partial charge in [0.1, 0.15) is 6.07 Å². The number of nitriles is 1. The maximum absolute atomic E-state index is 9.11. The molecule has 3 heterocycles. The first-order valence-corrected chi connectivity index (χ1v) is 8.55. The van der Waals surface area contributed by atoms with E-state index in [0.717, 1.165) is 19.6 Å². The van der Waals surface area contributed by atoms with Gasteiger partial charge in [-0.3, -0.25) is 4.90 Å². The summed E-state index contributed by atoms with van der Waals surface area (Å²) in [5.41, 5.74) is 0.334. The van der Waals surface area contributed by atoms with Crippen molar-refractivity contribution >= 4 is 17.2 Å². The number of aromatic nitrogens is 1. The van der Waals surface area contributed by atoms with E-state index in [4.69, 9.17) is 9.68 Å². The van der Waals surface area contributed by atoms with E-state index in [-0.39, 0.29) is 0 Å². The Morgan fingerprint density at radius 2 is 2.27 bits per heavy atom. The van der Waals surface area contributed by atoms with Crippen molar-refractivity contribution in [1.82, 2.24) is 9.88 Å². The fourth-order valence-electron chi connectivity index (χ4n) is 2.93. The molecule has 5 nitrogen and oxygen atoms in total. The molecule has 0 aliphatic carbocycles. The molecule has 1 saturated heterocycles. The molecule has 1 aliphatic heterocycles. The minimum Gasteiger partial charge on any atom is -0.424 e. The Hall–Kier alpha value is -1.84. The van der Waals surface area contributed by atoms with Crippen molar-refractivity contribution in [2.24, 2.45) is 0 Å². The Morgan fingerprint density at radius 1 is 1.45 bits per heavy atom. The van der Waals surface area contributed by atoms with Crippen molar-refractivity contribution in [3.8, 4) is 6.07 Å². The molecule has 116 valence electrons. The average Bonchev–Trinajstić information content (AvgIpc) is 3.18. The van der Waals surface area contributed by atoms with Crippen molar-refractivity contribution in [3.05, 3.63) is 34.0 Å². The highest BCUT2D eigenvalue weighted by Gasteiger charge is 2.24. The third-order valence-corrected chi connectivity index (χ3v) is 4.97. The van der Waals surface area contributed by atoms with Crippen LogP contribution in [0.1, 0.15) is 41.8 Å². The van der Waals surface area contributed by atoms with E-state index in [1.165, 1.54) is 24.1 Å². The molecule has 0 aromatic carbocycles. The van der Waals surface area contributed by atoms with E-state index in [0.29, 0.717) is 23.5 Å². The topological polar surface area (TPSA) is 65.1 Å². The quantitative estimate of drug-likeness (QED) is 0.913. The summed E-state index contributed by atoms with van der Waals surface area (Å²) in [5, 5.41) is 14.5. The van der Waals surface area contributed by atoms with Crippen molar-refractivity contribution in [1.29, 1.82) is 5.26 Å². The van der Waals surface area contributed by atoms with E-state index in [1.54, 1.807) is 18.3 Å². The van der Waals surface area contributed by atoms with Crippen LogP contribution in [-0.2, 0) is 0 Å². The molecule has 0 unspecified atom stereocenters. The number of rotatable bonds is 5. The lowest BCUT2D eigenvalue weighted by Crippen LogP contribution is -2.36. The van der Waals surface area contributed by atoms with Crippen LogP contribution in [0.3, 0.4) is 0 Å². The van der Waals surface area contributed by atoms with Crippen LogP contribution >= 0.6 is 11.3 Å². The molecular weight excluding hydrogens is 296 g/mol. The third kappa shape index (κ3) is 3.32. The number of nitrogens with zero attached hydrogens (tertiary/aromatic N) is 3. The Bertz CT molecular complexity index is 638. The highest BCUT2D eigenvalue weighted by molar-refractivity contribution is 7.10. The average molecular weight is 316 g/mol. The van der Waals surface area contributed by atoms with Gasteiger partial charge in [0.2, 0.25) is 11.6 Å². The minimum atomic E-state index is 0.317. The van der Waals surface area contributed by atoms with Crippen LogP contribution in [0.4, 0.5) is 5.88 Å². The number of thiophene rings is 1. The van der Waals surface area contributed by atoms with Crippen molar-refractivity contribution in [3.63, 3.8) is 0 Å². The molecule has 6 heteroatoms. The predicted molar refractivity (Wildman–Crippen MR) is 86.9 cm³/mol. The zero-order chi connectivity index (χ0) is 15.4. The summed E-state index contributed by atoms with van der Waals surface area (Å²) >= 11 is 1.78. The molecule has 0 radical (unpaired) electrons. The number of hydrogen-bond donors (Lipinski definition) is 1. The second kappa shape index (κ2) is 6.95. The number of piperidine rings is 1. The molecule has 1 fully saturated rings. The second-order valence-electron chi connectivity index (χ2n) is 5.53. The Kier molecular flexibility index (Phi) is 4.76. The molecule has 0 amide bonds. The molecule has 0 saturated carbocycles. The van der Waals surface area contributed by atoms with Gasteiger partial charge in [0, 0.05) is 18.3 Å². The number of hydrogen-bond acceptors (Lipinski definition) is 6. The number of aryl methyl sites for hydroxylation is 1. The molecule has 0 bridgehead atoms. The first-order valence-electron chi connectivity index (χ1n) is 7.67. The van der Waals surface area contributed by atoms with Gasteiger partial charge in [-0.05, 0) is 37.4 Å². The molecular formula is C16H20N4OS. The lowest BCUT2D eigenvalue weighted by molar-refractivity contribution is 0.172. The SMILES string of the molecule is Cc1nc(C#N)c(NC[C@H](c2cccs2)N2CCCCC2)o1. The van der Waals surface area contributed by atoms with Crippen LogP contribution in [0, 0.1) is 18.3 Å². The summed E-state index contributed by atoms with van der Waals surface area (Å²) in [6, 6.07) is 6.67. The zero-order valence-corrected chi connectivity index (χ0v) is 13.5. The van der Waals surface area contributed by atoms with Gasteiger partial charge >= 0.3 is 0 Å². The fraction of sp³-hybridized carbons (Fsp3) is 0.500. The van der Waals surface area contributed by atoms with E-state index in [2.05, 4.69) is 38.8 Å². The van der Waals surface area contributed by atoms with E-state index in [1.807, 2.05) is 0 Å². The van der Waals surface area contributed by atoms with Crippen LogP contribution in [0.5, 0.6) is 0 Å². The molecule has 1 atom stereocenters. The molecule has 1 N–H and O–H groups in total. The lowest BCUT2D eigenvalue weighted by atomic mass is 10.1. The van der Waals surface area contributed by atoms with Crippen LogP contribution in [0.2, 0.25) is 0 Å². The van der Waals surface area contributed by atoms with Gasteiger partial charge in [0.05, 0.1) is 6.04 Å². The summed E-state index contributed by atoms with van der Waals surface area (Å²) in [6.07, 6.45) is 3.83. The van der Waals surface area contributed by atoms with Crippen LogP contribution in [0.25, 0.3) is 0 Å². The van der Waals surface area contributed by atoms with Crippen LogP contribution in [0.15, 0.2) is 21.9 Å². The normalized spacial score (nSPS) is 17.1. The first kappa shape index (κ1) is 15.1. The van der Waals surface area contributed by atoms with Gasteiger partial charge in [-0.2, -0.15) is 5.26 Å². The van der Waals surface area contributed by atoms with Gasteiger partial charge in [0.15, 0.2) is 5.89 Å². The summed E-state index contributed by atoms with van der Waals surface area (Å²) in [5.74, 6) is 1.00. The Labute approximate surface area is 134 Å². The monoisotopic (exact) mass is 316 g/mol. The highest BCUT2D eigenvalue weighted by atomic mass is 32.1. The lowest BCUT2D eigenvalue weighted by Gasteiger charge is -2.34. The van der Waals surface area contributed by atoms with Crippen LogP contribution < -0.4 is 5.32 Å². The van der Waals surface area contributed by atoms with Gasteiger partial charge in [0.25, 0.3) is 0 Å². The highest BCUT2D eigenvalue weighted by Crippen LogP contribution is 2.29. The predicted octanol–water partition coefficient (Wildman–Crippen LogP) is 3.56. The first-order chi connectivity index (χ1) is 10.8. The third-order valence-electron chi connectivity index (χ3n) is 4.00. The second-order valence-corrected chi connectivity index (χ2v) is 6.51. The summed E-state index contributed by atoms with van der Waals surface area (Å²) in [6.45, 7) is 4.74. The van der Waals surface area contributed by atoms with Crippen molar-refractivity contribution in [2.75, 3.05) is 25.0 Å². The van der Waals surface area contributed by atoms with E-state index >= 15 is 0 Å². The Balaban J connectivity index is 1.74. The number of nitrogens with one attached hydrogen (secondary N) is 1. The fourth-order valence-corrected chi connectivity index (χ4v) is 3.79. The van der Waals surface area contributed by atoms with Crippen LogP contribution in [-0.4, -0.2) is 29.5 Å². The molecule has 1 aliphatic rings. The summed E-state index contributed by atoms with van der Waals surface area (Å²) in [7, 11) is 0. The molecule has 3 rings (SSSR count). The largest absolute Gasteiger partial charge is 0.424 e. The van der Waals surface area contributed by atoms with Crippen molar-refractivity contribution < 1.29 is 4.42 Å². The van der Waals surface area contributed by atoms with E-state index in [9.17, 15) is 0 Å². The summed E-state index contributed by atoms with van der Waals surface area (Å²) in [4.78, 5) is 7.96. The van der Waals surface area contributed by atoms with Crippen molar-refractivity contribution in [2.45, 2.75) is 32.2 Å². The molecule has 22 heavy (non-hydrogen) atoms. The maximum atomic E-state index is 9.11. The van der Waals surface area contributed by atoms with Gasteiger partial charge in [-0.25, -0.2) is 4.98 Å². The van der Waals surface area contributed by atoms with E-state index < -0.39 is 0 Å². The Morgan fingerprint density at radius 3 is 2.95 bits per heavy atom. The standard InChI is InChI=1S/C16H20N4OS/c1-12-19-13(10-17)16(21-12)18-11-14(15-6-5-9-22-15)20-7-3-2-4-8-20/h5-6,9,14,18H,2-4,7-8,11H2,1H3/t14-/m1/s1. The zero-order valence-electron chi connectivity index (χ0n) is 12.7. The summed E-state index contributed by atoms with van der Waals surface area (Å²) < 4.78 is 5.50. The maximum Gasteiger partial charge on any atom is 0.232 e. The number of anilines is 1. The minimum absolute atomic E-state index is 0.317. The molecule has 2 aromatic heterocycles. The number of oxazole rings is 1. The van der Waals surface area contributed by atoms with Gasteiger partial charge in [-0.1, -0.05) is 12.5 Å². The van der Waals surface area contributed by atoms with Gasteiger partial charge < -0.3 is 9.73 Å². The number of likely N-dealkylation sites (tertiary alicyclic amines) is 1.